The van der Waals surface area contributed by atoms with Crippen LogP contribution in [0.3, 0.4) is 0 Å². The summed E-state index contributed by atoms with van der Waals surface area (Å²) in [6.07, 6.45) is 5.66. The highest BCUT2D eigenvalue weighted by Gasteiger charge is 1.87. The molecule has 0 unspecified atom stereocenters. The first-order chi connectivity index (χ1) is 5.91. The highest BCUT2D eigenvalue weighted by Crippen LogP contribution is 1.91. The molecule has 0 aliphatic heterocycles. The normalized spacial score (nSPS) is 10.8. The molecule has 0 bridgehead atoms. The van der Waals surface area contributed by atoms with Crippen molar-refractivity contribution in [3.8, 4) is 0 Å². The third kappa shape index (κ3) is 9.46. The fourth-order valence-corrected chi connectivity index (χ4v) is 0.739. The first-order valence-corrected chi connectivity index (χ1v) is 4.42. The van der Waals surface area contributed by atoms with E-state index in [0.29, 0.717) is 13.2 Å². The van der Waals surface area contributed by atoms with Gasteiger partial charge in [0.1, 0.15) is 0 Å². The van der Waals surface area contributed by atoms with Crippen LogP contribution in [0.15, 0.2) is 12.3 Å². The van der Waals surface area contributed by atoms with E-state index in [1.807, 2.05) is 13.0 Å². The first-order valence-electron chi connectivity index (χ1n) is 4.42. The largest absolute Gasteiger partial charge is 0.502 e. The molecule has 0 radical (unpaired) electrons. The van der Waals surface area contributed by atoms with Crippen LogP contribution in [-0.2, 0) is 9.47 Å². The SMILES string of the molecule is CC=COCCCCOCCN. The molecule has 0 spiro atoms. The van der Waals surface area contributed by atoms with E-state index in [1.165, 1.54) is 0 Å². The summed E-state index contributed by atoms with van der Waals surface area (Å²) in [7, 11) is 0. The lowest BCUT2D eigenvalue weighted by atomic mass is 10.3. The summed E-state index contributed by atoms with van der Waals surface area (Å²) in [4.78, 5) is 0. The van der Waals surface area contributed by atoms with Gasteiger partial charge >= 0.3 is 0 Å². The summed E-state index contributed by atoms with van der Waals surface area (Å²) >= 11 is 0. The van der Waals surface area contributed by atoms with Gasteiger partial charge in [0, 0.05) is 13.2 Å². The molecule has 0 aliphatic rings. The number of hydrogen-bond donors (Lipinski definition) is 1. The van der Waals surface area contributed by atoms with Crippen LogP contribution in [0.4, 0.5) is 0 Å². The minimum absolute atomic E-state index is 0.606. The van der Waals surface area contributed by atoms with E-state index in [1.54, 1.807) is 6.26 Å². The van der Waals surface area contributed by atoms with Gasteiger partial charge in [-0.25, -0.2) is 0 Å². The van der Waals surface area contributed by atoms with Crippen molar-refractivity contribution < 1.29 is 9.47 Å². The van der Waals surface area contributed by atoms with E-state index in [4.69, 9.17) is 15.2 Å². The lowest BCUT2D eigenvalue weighted by molar-refractivity contribution is 0.130. The average Bonchev–Trinajstić information content (AvgIpc) is 2.10. The lowest BCUT2D eigenvalue weighted by Gasteiger charge is -2.02. The molecule has 3 heteroatoms. The Hall–Kier alpha value is -0.540. The van der Waals surface area contributed by atoms with Crippen LogP contribution < -0.4 is 5.73 Å². The van der Waals surface area contributed by atoms with Gasteiger partial charge in [0.05, 0.1) is 19.5 Å². The van der Waals surface area contributed by atoms with Crippen LogP contribution in [0.2, 0.25) is 0 Å². The predicted molar refractivity (Wildman–Crippen MR) is 49.9 cm³/mol. The first kappa shape index (κ1) is 11.5. The number of ether oxygens (including phenoxy) is 2. The van der Waals surface area contributed by atoms with Crippen LogP contribution in [0, 0.1) is 0 Å². The molecule has 0 heterocycles. The van der Waals surface area contributed by atoms with Gasteiger partial charge in [-0.15, -0.1) is 0 Å². The molecule has 0 fully saturated rings. The topological polar surface area (TPSA) is 44.5 Å². The van der Waals surface area contributed by atoms with E-state index in [9.17, 15) is 0 Å². The maximum Gasteiger partial charge on any atom is 0.0874 e. The minimum atomic E-state index is 0.606. The highest BCUT2D eigenvalue weighted by molar-refractivity contribution is 4.64. The molecule has 0 saturated carbocycles. The van der Waals surface area contributed by atoms with Crippen molar-refractivity contribution in [3.63, 3.8) is 0 Å². The van der Waals surface area contributed by atoms with E-state index in [-0.39, 0.29) is 0 Å². The Morgan fingerprint density at radius 2 is 1.92 bits per heavy atom. The molecule has 2 N–H and O–H groups in total. The van der Waals surface area contributed by atoms with Gasteiger partial charge in [-0.3, -0.25) is 0 Å². The number of nitrogens with two attached hydrogens (primary N) is 1. The Balaban J connectivity index is 2.81. The zero-order valence-corrected chi connectivity index (χ0v) is 7.79. The molecule has 0 aromatic rings. The Kier molecular flexibility index (Phi) is 9.99. The van der Waals surface area contributed by atoms with Crippen molar-refractivity contribution in [2.24, 2.45) is 5.73 Å². The van der Waals surface area contributed by atoms with Crippen molar-refractivity contribution >= 4 is 0 Å². The second kappa shape index (κ2) is 10.5. The minimum Gasteiger partial charge on any atom is -0.502 e. The van der Waals surface area contributed by atoms with Crippen LogP contribution in [0.25, 0.3) is 0 Å². The van der Waals surface area contributed by atoms with E-state index >= 15 is 0 Å². The molecule has 0 rings (SSSR count). The molecule has 0 saturated heterocycles. The van der Waals surface area contributed by atoms with Gasteiger partial charge in [-0.2, -0.15) is 0 Å². The monoisotopic (exact) mass is 173 g/mol. The van der Waals surface area contributed by atoms with E-state index in [2.05, 4.69) is 0 Å². The standard InChI is InChI=1S/C9H19NO2/c1-2-6-11-7-3-4-8-12-9-5-10/h2,6H,3-5,7-10H2,1H3. The maximum absolute atomic E-state index is 5.25. The van der Waals surface area contributed by atoms with Crippen molar-refractivity contribution in [3.05, 3.63) is 12.3 Å². The average molecular weight is 173 g/mol. The molecular weight excluding hydrogens is 154 g/mol. The summed E-state index contributed by atoms with van der Waals surface area (Å²) in [5, 5.41) is 0. The quantitative estimate of drug-likeness (QED) is 0.444. The second-order valence-electron chi connectivity index (χ2n) is 2.45. The molecule has 3 nitrogen and oxygen atoms in total. The van der Waals surface area contributed by atoms with Crippen LogP contribution >= 0.6 is 0 Å². The summed E-state index contributed by atoms with van der Waals surface area (Å²) in [6, 6.07) is 0. The fraction of sp³-hybridized carbons (Fsp3) is 0.778. The zero-order valence-electron chi connectivity index (χ0n) is 7.79. The van der Waals surface area contributed by atoms with Gasteiger partial charge in [-0.1, -0.05) is 6.08 Å². The number of unbranched alkanes of at least 4 members (excludes halogenated alkanes) is 1. The third-order valence-electron chi connectivity index (χ3n) is 1.30. The predicted octanol–water partition coefficient (Wildman–Crippen LogP) is 1.29. The number of allylic oxidation sites excluding steroid dienone is 1. The Labute approximate surface area is 74.5 Å². The molecule has 0 aromatic carbocycles. The van der Waals surface area contributed by atoms with Gasteiger partial charge in [0.15, 0.2) is 0 Å². The molecule has 0 aliphatic carbocycles. The molecule has 72 valence electrons. The van der Waals surface area contributed by atoms with Crippen LogP contribution in [0.5, 0.6) is 0 Å². The molecule has 0 aromatic heterocycles. The molecule has 0 atom stereocenters. The lowest BCUT2D eigenvalue weighted by Crippen LogP contribution is -2.09. The summed E-state index contributed by atoms with van der Waals surface area (Å²) < 4.78 is 10.3. The fourth-order valence-electron chi connectivity index (χ4n) is 0.739. The van der Waals surface area contributed by atoms with Crippen LogP contribution in [0.1, 0.15) is 19.8 Å². The number of rotatable bonds is 8. The van der Waals surface area contributed by atoms with Gasteiger partial charge < -0.3 is 15.2 Å². The van der Waals surface area contributed by atoms with Crippen molar-refractivity contribution in [1.82, 2.24) is 0 Å². The Morgan fingerprint density at radius 3 is 2.58 bits per heavy atom. The van der Waals surface area contributed by atoms with Crippen LogP contribution in [-0.4, -0.2) is 26.4 Å². The van der Waals surface area contributed by atoms with E-state index < -0.39 is 0 Å². The number of hydrogen-bond acceptors (Lipinski definition) is 3. The van der Waals surface area contributed by atoms with E-state index in [0.717, 1.165) is 26.1 Å². The highest BCUT2D eigenvalue weighted by atomic mass is 16.5. The van der Waals surface area contributed by atoms with Crippen molar-refractivity contribution in [1.29, 1.82) is 0 Å². The maximum atomic E-state index is 5.25. The summed E-state index contributed by atoms with van der Waals surface area (Å²) in [5.41, 5.74) is 5.25. The molecular formula is C9H19NO2. The molecule has 0 amide bonds. The summed E-state index contributed by atoms with van der Waals surface area (Å²) in [5.74, 6) is 0. The van der Waals surface area contributed by atoms with Gasteiger partial charge in [0.2, 0.25) is 0 Å². The van der Waals surface area contributed by atoms with Crippen molar-refractivity contribution in [2.45, 2.75) is 19.8 Å². The Morgan fingerprint density at radius 1 is 1.17 bits per heavy atom. The third-order valence-corrected chi connectivity index (χ3v) is 1.30. The zero-order chi connectivity index (χ0) is 9.07. The summed E-state index contributed by atoms with van der Waals surface area (Å²) in [6.45, 7) is 4.77. The van der Waals surface area contributed by atoms with Gasteiger partial charge in [-0.05, 0) is 19.8 Å². The van der Waals surface area contributed by atoms with Gasteiger partial charge in [0.25, 0.3) is 0 Å². The second-order valence-corrected chi connectivity index (χ2v) is 2.45. The molecule has 12 heavy (non-hydrogen) atoms. The smallest absolute Gasteiger partial charge is 0.0874 e. The van der Waals surface area contributed by atoms with Crippen molar-refractivity contribution in [2.75, 3.05) is 26.4 Å². The Bertz CT molecular complexity index is 105.